The maximum atomic E-state index is 12.1. The lowest BCUT2D eigenvalue weighted by Gasteiger charge is -2.10. The summed E-state index contributed by atoms with van der Waals surface area (Å²) in [7, 11) is 1.60. The van der Waals surface area contributed by atoms with Crippen molar-refractivity contribution in [3.8, 4) is 11.5 Å². The molecule has 0 unspecified atom stereocenters. The van der Waals surface area contributed by atoms with Crippen LogP contribution in [0.4, 0.5) is 0 Å². The van der Waals surface area contributed by atoms with Gasteiger partial charge in [0.15, 0.2) is 11.5 Å². The summed E-state index contributed by atoms with van der Waals surface area (Å²) >= 11 is 0. The quantitative estimate of drug-likeness (QED) is 0.0899. The predicted octanol–water partition coefficient (Wildman–Crippen LogP) is 8.59. The summed E-state index contributed by atoms with van der Waals surface area (Å²) in [6.07, 6.45) is 22.9. The van der Waals surface area contributed by atoms with Gasteiger partial charge in [-0.05, 0) is 30.5 Å². The third-order valence-electron chi connectivity index (χ3n) is 5.82. The Morgan fingerprint density at radius 1 is 0.806 bits per heavy atom. The van der Waals surface area contributed by atoms with Crippen LogP contribution in [0.2, 0.25) is 0 Å². The van der Waals surface area contributed by atoms with Crippen LogP contribution < -0.4 is 9.47 Å². The first kappa shape index (κ1) is 27.3. The van der Waals surface area contributed by atoms with Gasteiger partial charge in [0.2, 0.25) is 0 Å². The lowest BCUT2D eigenvalue weighted by molar-refractivity contribution is -0.134. The Bertz CT molecular complexity index is 594. The number of hydrogen-bond acceptors (Lipinski definition) is 3. The molecule has 0 atom stereocenters. The van der Waals surface area contributed by atoms with Gasteiger partial charge < -0.3 is 9.47 Å². The molecule has 176 valence electrons. The van der Waals surface area contributed by atoms with Crippen LogP contribution >= 0.6 is 0 Å². The number of benzene rings is 1. The van der Waals surface area contributed by atoms with Crippen molar-refractivity contribution in [2.45, 2.75) is 116 Å². The number of esters is 1. The SMILES string of the molecule is C=CCc1ccc(OC(=O)CCCCCCCCCCCCCCCCC)c(OC)c1. The minimum absolute atomic E-state index is 0.176. The molecule has 0 aliphatic carbocycles. The highest BCUT2D eigenvalue weighted by molar-refractivity contribution is 5.73. The van der Waals surface area contributed by atoms with Gasteiger partial charge in [-0.3, -0.25) is 4.79 Å². The highest BCUT2D eigenvalue weighted by Gasteiger charge is 2.10. The molecule has 0 spiro atoms. The zero-order valence-corrected chi connectivity index (χ0v) is 20.3. The molecule has 0 radical (unpaired) electrons. The summed E-state index contributed by atoms with van der Waals surface area (Å²) in [6, 6.07) is 5.65. The molecule has 1 aromatic rings. The molecule has 0 fully saturated rings. The highest BCUT2D eigenvalue weighted by atomic mass is 16.6. The Labute approximate surface area is 191 Å². The first-order valence-electron chi connectivity index (χ1n) is 12.7. The highest BCUT2D eigenvalue weighted by Crippen LogP contribution is 2.29. The molecular formula is C28H46O3. The van der Waals surface area contributed by atoms with E-state index in [4.69, 9.17) is 9.47 Å². The van der Waals surface area contributed by atoms with Gasteiger partial charge in [-0.15, -0.1) is 6.58 Å². The van der Waals surface area contributed by atoms with Crippen molar-refractivity contribution in [3.63, 3.8) is 0 Å². The van der Waals surface area contributed by atoms with Crippen molar-refractivity contribution in [1.29, 1.82) is 0 Å². The first-order valence-corrected chi connectivity index (χ1v) is 12.7. The molecule has 1 rings (SSSR count). The first-order chi connectivity index (χ1) is 15.2. The van der Waals surface area contributed by atoms with E-state index in [0.29, 0.717) is 17.9 Å². The van der Waals surface area contributed by atoms with E-state index in [0.717, 1.165) is 24.8 Å². The fourth-order valence-electron chi connectivity index (χ4n) is 3.90. The van der Waals surface area contributed by atoms with Crippen molar-refractivity contribution in [1.82, 2.24) is 0 Å². The van der Waals surface area contributed by atoms with Crippen molar-refractivity contribution >= 4 is 5.97 Å². The molecule has 0 bridgehead atoms. The lowest BCUT2D eigenvalue weighted by Crippen LogP contribution is -2.08. The summed E-state index contributed by atoms with van der Waals surface area (Å²) in [4.78, 5) is 12.1. The minimum Gasteiger partial charge on any atom is -0.493 e. The van der Waals surface area contributed by atoms with Crippen LogP contribution in [0.15, 0.2) is 30.9 Å². The summed E-state index contributed by atoms with van der Waals surface area (Å²) in [5.74, 6) is 0.926. The van der Waals surface area contributed by atoms with Crippen LogP contribution in [-0.4, -0.2) is 13.1 Å². The molecule has 0 aliphatic rings. The summed E-state index contributed by atoms with van der Waals surface area (Å²) in [5.41, 5.74) is 1.09. The zero-order chi connectivity index (χ0) is 22.6. The fraction of sp³-hybridized carbons (Fsp3) is 0.679. The molecule has 0 saturated carbocycles. The molecule has 3 heteroatoms. The van der Waals surface area contributed by atoms with Crippen LogP contribution in [-0.2, 0) is 11.2 Å². The van der Waals surface area contributed by atoms with Gasteiger partial charge in [0, 0.05) is 6.42 Å². The van der Waals surface area contributed by atoms with Gasteiger partial charge in [-0.25, -0.2) is 0 Å². The van der Waals surface area contributed by atoms with Crippen molar-refractivity contribution in [2.75, 3.05) is 7.11 Å². The monoisotopic (exact) mass is 430 g/mol. The molecule has 0 saturated heterocycles. The van der Waals surface area contributed by atoms with E-state index < -0.39 is 0 Å². The van der Waals surface area contributed by atoms with Gasteiger partial charge in [-0.1, -0.05) is 109 Å². The number of carbonyl (C=O) groups is 1. The van der Waals surface area contributed by atoms with Gasteiger partial charge in [0.25, 0.3) is 0 Å². The largest absolute Gasteiger partial charge is 0.493 e. The van der Waals surface area contributed by atoms with E-state index in [9.17, 15) is 4.79 Å². The topological polar surface area (TPSA) is 35.5 Å². The average Bonchev–Trinajstić information content (AvgIpc) is 2.77. The van der Waals surface area contributed by atoms with E-state index in [-0.39, 0.29) is 5.97 Å². The van der Waals surface area contributed by atoms with Gasteiger partial charge >= 0.3 is 5.97 Å². The summed E-state index contributed by atoms with van der Waals surface area (Å²) in [5, 5.41) is 0. The Morgan fingerprint density at radius 3 is 1.81 bits per heavy atom. The zero-order valence-electron chi connectivity index (χ0n) is 20.3. The second-order valence-corrected chi connectivity index (χ2v) is 8.65. The lowest BCUT2D eigenvalue weighted by atomic mass is 10.0. The van der Waals surface area contributed by atoms with Crippen molar-refractivity contribution in [3.05, 3.63) is 36.4 Å². The smallest absolute Gasteiger partial charge is 0.311 e. The van der Waals surface area contributed by atoms with E-state index >= 15 is 0 Å². The molecule has 0 aromatic heterocycles. The molecule has 3 nitrogen and oxygen atoms in total. The van der Waals surface area contributed by atoms with E-state index in [1.165, 1.54) is 83.5 Å². The second-order valence-electron chi connectivity index (χ2n) is 8.65. The number of unbranched alkanes of at least 4 members (excludes halogenated alkanes) is 14. The molecular weight excluding hydrogens is 384 g/mol. The minimum atomic E-state index is -0.176. The Balaban J connectivity index is 1.99. The number of rotatable bonds is 20. The van der Waals surface area contributed by atoms with Crippen molar-refractivity contribution in [2.24, 2.45) is 0 Å². The van der Waals surface area contributed by atoms with Gasteiger partial charge in [0.05, 0.1) is 7.11 Å². The van der Waals surface area contributed by atoms with Gasteiger partial charge in [-0.2, -0.15) is 0 Å². The number of carbonyl (C=O) groups excluding carboxylic acids is 1. The predicted molar refractivity (Wildman–Crippen MR) is 132 cm³/mol. The molecule has 0 N–H and O–H groups in total. The average molecular weight is 431 g/mol. The Kier molecular flexibility index (Phi) is 16.7. The van der Waals surface area contributed by atoms with Crippen LogP contribution in [0.25, 0.3) is 0 Å². The van der Waals surface area contributed by atoms with Crippen LogP contribution in [0.5, 0.6) is 11.5 Å². The Hall–Kier alpha value is -1.77. The molecule has 0 amide bonds. The van der Waals surface area contributed by atoms with Crippen LogP contribution in [0.1, 0.15) is 115 Å². The normalized spacial score (nSPS) is 10.8. The maximum Gasteiger partial charge on any atom is 0.311 e. The van der Waals surface area contributed by atoms with Crippen LogP contribution in [0.3, 0.4) is 0 Å². The number of hydrogen-bond donors (Lipinski definition) is 0. The van der Waals surface area contributed by atoms with E-state index in [1.54, 1.807) is 7.11 Å². The number of allylic oxidation sites excluding steroid dienone is 1. The third kappa shape index (κ3) is 14.0. The Morgan fingerprint density at radius 2 is 1.32 bits per heavy atom. The molecule has 0 aliphatic heterocycles. The molecule has 1 aromatic carbocycles. The van der Waals surface area contributed by atoms with Crippen molar-refractivity contribution < 1.29 is 14.3 Å². The standard InChI is InChI=1S/C28H46O3/c1-4-6-7-8-9-10-11-12-13-14-15-16-17-18-19-21-28(29)31-26-23-22-25(20-5-2)24-27(26)30-3/h5,22-24H,2,4,6-21H2,1,3H3. The second kappa shape index (κ2) is 19.0. The number of ether oxygens (including phenoxy) is 2. The fourth-order valence-corrected chi connectivity index (χ4v) is 3.90. The summed E-state index contributed by atoms with van der Waals surface area (Å²) < 4.78 is 10.9. The van der Waals surface area contributed by atoms with Gasteiger partial charge in [0.1, 0.15) is 0 Å². The van der Waals surface area contributed by atoms with E-state index in [1.807, 2.05) is 24.3 Å². The maximum absolute atomic E-state index is 12.1. The molecule has 31 heavy (non-hydrogen) atoms. The third-order valence-corrected chi connectivity index (χ3v) is 5.82. The molecule has 0 heterocycles. The number of methoxy groups -OCH3 is 1. The van der Waals surface area contributed by atoms with Crippen LogP contribution in [0, 0.1) is 0 Å². The summed E-state index contributed by atoms with van der Waals surface area (Å²) in [6.45, 7) is 6.02. The van der Waals surface area contributed by atoms with E-state index in [2.05, 4.69) is 13.5 Å².